The third kappa shape index (κ3) is 5.01. The van der Waals surface area contributed by atoms with Crippen molar-refractivity contribution in [3.63, 3.8) is 0 Å². The highest BCUT2D eigenvalue weighted by molar-refractivity contribution is 7.16. The number of benzene rings is 1. The molecule has 1 fully saturated rings. The lowest BCUT2D eigenvalue weighted by atomic mass is 9.95. The van der Waals surface area contributed by atoms with Crippen molar-refractivity contribution in [2.24, 2.45) is 5.92 Å². The Morgan fingerprint density at radius 3 is 2.38 bits per heavy atom. The van der Waals surface area contributed by atoms with Gasteiger partial charge in [-0.15, -0.1) is 11.3 Å². The minimum Gasteiger partial charge on any atom is -0.497 e. The molecule has 10 heteroatoms. The fourth-order valence-corrected chi connectivity index (χ4v) is 5.48. The topological polar surface area (TPSA) is 107 Å². The predicted octanol–water partition coefficient (Wildman–Crippen LogP) is 3.24. The van der Waals surface area contributed by atoms with Crippen LogP contribution in [0.5, 0.6) is 11.5 Å². The molecule has 2 amide bonds. The standard InChI is InChI=1S/C24H29N3O6S/c1-4-33-23(30)14-7-9-27(10-8-14)22(29)18-5-6-19-20(18)25-24(34-19)26-21(28)15-11-16(31-2)13-17(12-15)32-3/h11-14,18H,4-10H2,1-3H3,(H,25,26,28). The molecule has 182 valence electrons. The molecule has 2 aromatic rings. The summed E-state index contributed by atoms with van der Waals surface area (Å²) in [6.07, 6.45) is 2.71. The third-order valence-electron chi connectivity index (χ3n) is 6.28. The van der Waals surface area contributed by atoms with Gasteiger partial charge in [0.25, 0.3) is 5.91 Å². The number of anilines is 1. The summed E-state index contributed by atoms with van der Waals surface area (Å²) in [7, 11) is 3.05. The van der Waals surface area contributed by atoms with E-state index in [4.69, 9.17) is 14.2 Å². The van der Waals surface area contributed by atoms with Gasteiger partial charge in [-0.25, -0.2) is 4.98 Å². The summed E-state index contributed by atoms with van der Waals surface area (Å²) in [5.41, 5.74) is 1.14. The Labute approximate surface area is 202 Å². The number of carbonyl (C=O) groups is 3. The number of aromatic nitrogens is 1. The third-order valence-corrected chi connectivity index (χ3v) is 7.32. The molecular weight excluding hydrogens is 458 g/mol. The Morgan fingerprint density at radius 1 is 1.09 bits per heavy atom. The van der Waals surface area contributed by atoms with E-state index in [1.54, 1.807) is 25.1 Å². The molecule has 1 atom stereocenters. The summed E-state index contributed by atoms with van der Waals surface area (Å²) < 4.78 is 15.6. The molecule has 1 aliphatic carbocycles. The number of amides is 2. The maximum atomic E-state index is 13.2. The molecular formula is C24H29N3O6S. The first-order valence-corrected chi connectivity index (χ1v) is 12.2. The van der Waals surface area contributed by atoms with Gasteiger partial charge in [0.1, 0.15) is 11.5 Å². The number of nitrogens with one attached hydrogen (secondary N) is 1. The summed E-state index contributed by atoms with van der Waals surface area (Å²) in [4.78, 5) is 45.5. The van der Waals surface area contributed by atoms with Crippen molar-refractivity contribution < 1.29 is 28.6 Å². The van der Waals surface area contributed by atoms with Crippen LogP contribution >= 0.6 is 11.3 Å². The van der Waals surface area contributed by atoms with Crippen LogP contribution in [-0.2, 0) is 20.7 Å². The van der Waals surface area contributed by atoms with E-state index in [1.165, 1.54) is 25.6 Å². The maximum absolute atomic E-state index is 13.2. The van der Waals surface area contributed by atoms with E-state index < -0.39 is 0 Å². The van der Waals surface area contributed by atoms with Gasteiger partial charge >= 0.3 is 5.97 Å². The highest BCUT2D eigenvalue weighted by Crippen LogP contribution is 2.40. The molecule has 4 rings (SSSR count). The number of ether oxygens (including phenoxy) is 3. The molecule has 0 saturated carbocycles. The van der Waals surface area contributed by atoms with Gasteiger partial charge in [-0.3, -0.25) is 19.7 Å². The van der Waals surface area contributed by atoms with E-state index in [2.05, 4.69) is 10.3 Å². The number of methoxy groups -OCH3 is 2. The van der Waals surface area contributed by atoms with Crippen molar-refractivity contribution >= 4 is 34.3 Å². The van der Waals surface area contributed by atoms with Gasteiger partial charge in [-0.1, -0.05) is 0 Å². The lowest BCUT2D eigenvalue weighted by molar-refractivity contribution is -0.151. The van der Waals surface area contributed by atoms with Crippen LogP contribution in [0, 0.1) is 5.92 Å². The van der Waals surface area contributed by atoms with Crippen LogP contribution in [0.25, 0.3) is 0 Å². The smallest absolute Gasteiger partial charge is 0.309 e. The first-order chi connectivity index (χ1) is 16.4. The molecule has 1 aromatic heterocycles. The zero-order valence-electron chi connectivity index (χ0n) is 19.6. The number of likely N-dealkylation sites (tertiary alicyclic amines) is 1. The van der Waals surface area contributed by atoms with Crippen LogP contribution in [0.4, 0.5) is 5.13 Å². The summed E-state index contributed by atoms with van der Waals surface area (Å²) in [5, 5.41) is 3.31. The number of hydrogen-bond acceptors (Lipinski definition) is 8. The number of carbonyl (C=O) groups excluding carboxylic acids is 3. The van der Waals surface area contributed by atoms with Crippen LogP contribution in [0.3, 0.4) is 0 Å². The van der Waals surface area contributed by atoms with Gasteiger partial charge < -0.3 is 19.1 Å². The fourth-order valence-electron chi connectivity index (χ4n) is 4.44. The van der Waals surface area contributed by atoms with Gasteiger partial charge in [0.05, 0.1) is 38.4 Å². The normalized spacial score (nSPS) is 17.7. The van der Waals surface area contributed by atoms with E-state index in [9.17, 15) is 14.4 Å². The summed E-state index contributed by atoms with van der Waals surface area (Å²) in [6, 6.07) is 4.96. The lowest BCUT2D eigenvalue weighted by Crippen LogP contribution is -2.42. The van der Waals surface area contributed by atoms with Crippen molar-refractivity contribution in [1.82, 2.24) is 9.88 Å². The Kier molecular flexibility index (Phi) is 7.35. The van der Waals surface area contributed by atoms with Crippen molar-refractivity contribution in [1.29, 1.82) is 0 Å². The largest absolute Gasteiger partial charge is 0.497 e. The molecule has 0 spiro atoms. The monoisotopic (exact) mass is 487 g/mol. The highest BCUT2D eigenvalue weighted by atomic mass is 32.1. The van der Waals surface area contributed by atoms with Gasteiger partial charge in [-0.2, -0.15) is 0 Å². The number of aryl methyl sites for hydroxylation is 1. The second-order valence-electron chi connectivity index (χ2n) is 8.33. The van der Waals surface area contributed by atoms with Gasteiger partial charge in [0.2, 0.25) is 5.91 Å². The van der Waals surface area contributed by atoms with Gasteiger partial charge in [-0.05, 0) is 44.7 Å². The van der Waals surface area contributed by atoms with Crippen LogP contribution in [0.2, 0.25) is 0 Å². The Hall–Kier alpha value is -3.14. The minimum absolute atomic E-state index is 0.0433. The van der Waals surface area contributed by atoms with Gasteiger partial charge in [0.15, 0.2) is 5.13 Å². The second-order valence-corrected chi connectivity index (χ2v) is 9.41. The number of fused-ring (bicyclic) bond motifs is 1. The second kappa shape index (κ2) is 10.4. The molecule has 0 radical (unpaired) electrons. The SMILES string of the molecule is CCOC(=O)C1CCN(C(=O)C2CCc3sc(NC(=O)c4cc(OC)cc(OC)c4)nc32)CC1. The quantitative estimate of drug-likeness (QED) is 0.598. The molecule has 1 aromatic carbocycles. The maximum Gasteiger partial charge on any atom is 0.309 e. The van der Waals surface area contributed by atoms with E-state index >= 15 is 0 Å². The van der Waals surface area contributed by atoms with Crippen LogP contribution in [0.15, 0.2) is 18.2 Å². The van der Waals surface area contributed by atoms with Crippen LogP contribution < -0.4 is 14.8 Å². The van der Waals surface area contributed by atoms with Crippen LogP contribution in [0.1, 0.15) is 53.0 Å². The number of rotatable bonds is 7. The molecule has 34 heavy (non-hydrogen) atoms. The Balaban J connectivity index is 1.41. The van der Waals surface area contributed by atoms with Crippen molar-refractivity contribution in [2.75, 3.05) is 39.2 Å². The number of hydrogen-bond donors (Lipinski definition) is 1. The predicted molar refractivity (Wildman–Crippen MR) is 127 cm³/mol. The van der Waals surface area contributed by atoms with E-state index in [-0.39, 0.29) is 29.6 Å². The zero-order chi connectivity index (χ0) is 24.2. The zero-order valence-corrected chi connectivity index (χ0v) is 20.4. The summed E-state index contributed by atoms with van der Waals surface area (Å²) in [6.45, 7) is 3.25. The highest BCUT2D eigenvalue weighted by Gasteiger charge is 2.37. The first-order valence-electron chi connectivity index (χ1n) is 11.4. The number of esters is 1. The molecule has 1 saturated heterocycles. The summed E-state index contributed by atoms with van der Waals surface area (Å²) in [5.74, 6) is 0.126. The lowest BCUT2D eigenvalue weighted by Gasteiger charge is -2.32. The molecule has 2 heterocycles. The molecule has 2 aliphatic rings. The van der Waals surface area contributed by atoms with Crippen molar-refractivity contribution in [2.45, 2.75) is 38.5 Å². The molecule has 1 aliphatic heterocycles. The van der Waals surface area contributed by atoms with E-state index in [1.807, 2.05) is 4.90 Å². The fraction of sp³-hybridized carbons (Fsp3) is 0.500. The van der Waals surface area contributed by atoms with Crippen LogP contribution in [-0.4, -0.2) is 61.6 Å². The molecule has 1 unspecified atom stereocenters. The molecule has 9 nitrogen and oxygen atoms in total. The Morgan fingerprint density at radius 2 is 1.76 bits per heavy atom. The molecule has 1 N–H and O–H groups in total. The summed E-state index contributed by atoms with van der Waals surface area (Å²) >= 11 is 1.40. The van der Waals surface area contributed by atoms with Crippen molar-refractivity contribution in [3.8, 4) is 11.5 Å². The molecule has 0 bridgehead atoms. The van der Waals surface area contributed by atoms with E-state index in [0.29, 0.717) is 61.2 Å². The van der Waals surface area contributed by atoms with E-state index in [0.717, 1.165) is 17.0 Å². The minimum atomic E-state index is -0.325. The average Bonchev–Trinajstić information content (AvgIpc) is 3.43. The number of piperidine rings is 1. The van der Waals surface area contributed by atoms with Gasteiger partial charge in [0, 0.05) is 29.6 Å². The first kappa shape index (κ1) is 24.0. The average molecular weight is 488 g/mol. The Bertz CT molecular complexity index is 1050. The van der Waals surface area contributed by atoms with Crippen molar-refractivity contribution in [3.05, 3.63) is 34.3 Å². The number of nitrogens with zero attached hydrogens (tertiary/aromatic N) is 2. The number of thiazole rings is 1.